The van der Waals surface area contributed by atoms with Crippen molar-refractivity contribution in [2.24, 2.45) is 11.7 Å². The first-order valence-electron chi connectivity index (χ1n) is 13.4. The lowest BCUT2D eigenvalue weighted by Gasteiger charge is -2.32. The van der Waals surface area contributed by atoms with Crippen LogP contribution in [0.2, 0.25) is 0 Å². The molecule has 5 amide bonds. The number of ether oxygens (including phenoxy) is 1. The van der Waals surface area contributed by atoms with E-state index in [1.54, 1.807) is 31.2 Å². The predicted molar refractivity (Wildman–Crippen MR) is 151 cm³/mol. The van der Waals surface area contributed by atoms with Gasteiger partial charge in [-0.3, -0.25) is 9.59 Å². The van der Waals surface area contributed by atoms with E-state index in [1.165, 1.54) is 4.90 Å². The molecule has 0 saturated heterocycles. The number of primary amides is 1. The molecule has 218 valence electrons. The number of alkyl carbamates (subject to hydrolysis) is 1. The number of nitrogens with zero attached hydrogens (tertiary/aromatic N) is 1. The molecule has 6 N–H and O–H groups in total. The number of amides is 5. The van der Waals surface area contributed by atoms with E-state index in [1.807, 2.05) is 50.2 Å². The topological polar surface area (TPSA) is 163 Å². The number of rotatable bonds is 15. The summed E-state index contributed by atoms with van der Waals surface area (Å²) in [6, 6.07) is 15.7. The fraction of sp³-hybridized carbons (Fsp3) is 0.448. The van der Waals surface area contributed by atoms with Gasteiger partial charge in [0.2, 0.25) is 11.8 Å². The second-order valence-electron chi connectivity index (χ2n) is 9.94. The van der Waals surface area contributed by atoms with Crippen LogP contribution in [-0.4, -0.2) is 71.8 Å². The minimum Gasteiger partial charge on any atom is -0.445 e. The van der Waals surface area contributed by atoms with Crippen molar-refractivity contribution in [1.82, 2.24) is 20.9 Å². The monoisotopic (exact) mass is 555 g/mol. The number of aliphatic hydroxyl groups is 1. The predicted octanol–water partition coefficient (Wildman–Crippen LogP) is 1.93. The second-order valence-corrected chi connectivity index (χ2v) is 9.94. The lowest BCUT2D eigenvalue weighted by Crippen LogP contribution is -2.57. The van der Waals surface area contributed by atoms with Gasteiger partial charge in [-0.1, -0.05) is 74.5 Å². The number of hydrogen-bond donors (Lipinski definition) is 5. The number of hydrogen-bond acceptors (Lipinski definition) is 6. The van der Waals surface area contributed by atoms with Gasteiger partial charge < -0.3 is 36.4 Å². The standard InChI is InChI=1S/C29H41N5O6/c1-4-31-28(38)34(17-20(2)3)18-25(35)23(15-21-11-7-5-8-12-21)32-27(37)24(16-26(30)36)33-29(39)40-19-22-13-9-6-10-14-22/h5-14,20,23-25,35H,4,15-19H2,1-3H3,(H2,30,36)(H,31,38)(H,32,37)(H,33,39)/t23-,24-,25-/m0/s1. The van der Waals surface area contributed by atoms with Gasteiger partial charge in [-0.05, 0) is 30.4 Å². The lowest BCUT2D eigenvalue weighted by atomic mass is 9.99. The molecule has 2 aromatic rings. The maximum atomic E-state index is 13.3. The van der Waals surface area contributed by atoms with Crippen LogP contribution < -0.4 is 21.7 Å². The van der Waals surface area contributed by atoms with Crippen LogP contribution >= 0.6 is 0 Å². The maximum Gasteiger partial charge on any atom is 0.408 e. The third kappa shape index (κ3) is 11.7. The van der Waals surface area contributed by atoms with E-state index in [4.69, 9.17) is 10.5 Å². The molecule has 3 atom stereocenters. The summed E-state index contributed by atoms with van der Waals surface area (Å²) in [5.74, 6) is -1.38. The third-order valence-corrected chi connectivity index (χ3v) is 5.93. The summed E-state index contributed by atoms with van der Waals surface area (Å²) in [4.78, 5) is 51.6. The quantitative estimate of drug-likeness (QED) is 0.225. The highest BCUT2D eigenvalue weighted by Gasteiger charge is 2.30. The van der Waals surface area contributed by atoms with E-state index in [2.05, 4.69) is 16.0 Å². The van der Waals surface area contributed by atoms with E-state index in [0.717, 1.165) is 11.1 Å². The highest BCUT2D eigenvalue weighted by atomic mass is 16.5. The molecule has 0 unspecified atom stereocenters. The van der Waals surface area contributed by atoms with Gasteiger partial charge in [0.05, 0.1) is 25.1 Å². The Morgan fingerprint density at radius 1 is 0.925 bits per heavy atom. The smallest absolute Gasteiger partial charge is 0.408 e. The number of urea groups is 1. The minimum absolute atomic E-state index is 0.0293. The molecule has 11 nitrogen and oxygen atoms in total. The Morgan fingerprint density at radius 3 is 2.08 bits per heavy atom. The van der Waals surface area contributed by atoms with E-state index in [9.17, 15) is 24.3 Å². The van der Waals surface area contributed by atoms with Crippen molar-refractivity contribution in [1.29, 1.82) is 0 Å². The number of aliphatic hydroxyl groups excluding tert-OH is 1. The summed E-state index contributed by atoms with van der Waals surface area (Å²) in [5, 5.41) is 19.1. The first-order valence-corrected chi connectivity index (χ1v) is 13.4. The van der Waals surface area contributed by atoms with Crippen LogP contribution in [0.5, 0.6) is 0 Å². The first kappa shape index (κ1) is 32.1. The summed E-state index contributed by atoms with van der Waals surface area (Å²) in [6.45, 7) is 6.46. The molecule has 0 radical (unpaired) electrons. The highest BCUT2D eigenvalue weighted by Crippen LogP contribution is 2.11. The fourth-order valence-corrected chi connectivity index (χ4v) is 4.05. The molecule has 40 heavy (non-hydrogen) atoms. The molecule has 2 rings (SSSR count). The molecule has 0 saturated carbocycles. The normalized spacial score (nSPS) is 13.0. The number of benzene rings is 2. The summed E-state index contributed by atoms with van der Waals surface area (Å²) in [6.07, 6.45) is -2.30. The van der Waals surface area contributed by atoms with Crippen molar-refractivity contribution in [2.75, 3.05) is 19.6 Å². The van der Waals surface area contributed by atoms with Crippen molar-refractivity contribution >= 4 is 23.9 Å². The molecule has 0 spiro atoms. The molecule has 11 heteroatoms. The number of carbonyl (C=O) groups is 4. The largest absolute Gasteiger partial charge is 0.445 e. The van der Waals surface area contributed by atoms with Gasteiger partial charge in [-0.25, -0.2) is 9.59 Å². The van der Waals surface area contributed by atoms with Crippen LogP contribution in [0, 0.1) is 5.92 Å². The minimum atomic E-state index is -1.33. The average Bonchev–Trinajstić information content (AvgIpc) is 2.91. The Morgan fingerprint density at radius 2 is 1.52 bits per heavy atom. The summed E-state index contributed by atoms with van der Waals surface area (Å²) < 4.78 is 5.19. The van der Waals surface area contributed by atoms with E-state index >= 15 is 0 Å². The summed E-state index contributed by atoms with van der Waals surface area (Å²) in [7, 11) is 0. The van der Waals surface area contributed by atoms with Crippen molar-refractivity contribution < 1.29 is 29.0 Å². The third-order valence-electron chi connectivity index (χ3n) is 5.93. The van der Waals surface area contributed by atoms with Crippen molar-refractivity contribution in [3.8, 4) is 0 Å². The number of carbonyl (C=O) groups excluding carboxylic acids is 4. The van der Waals surface area contributed by atoms with Gasteiger partial charge in [0.1, 0.15) is 12.6 Å². The Bertz CT molecular complexity index is 1080. The molecule has 0 aliphatic rings. The Labute approximate surface area is 235 Å². The molecular weight excluding hydrogens is 514 g/mol. The first-order chi connectivity index (χ1) is 19.1. The van der Waals surface area contributed by atoms with Gasteiger partial charge in [-0.15, -0.1) is 0 Å². The van der Waals surface area contributed by atoms with E-state index in [-0.39, 0.29) is 31.5 Å². The lowest BCUT2D eigenvalue weighted by molar-refractivity contribution is -0.128. The van der Waals surface area contributed by atoms with Crippen molar-refractivity contribution in [3.63, 3.8) is 0 Å². The van der Waals surface area contributed by atoms with Crippen LogP contribution in [-0.2, 0) is 27.4 Å². The second kappa shape index (κ2) is 16.8. The van der Waals surface area contributed by atoms with Gasteiger partial charge in [0, 0.05) is 13.1 Å². The van der Waals surface area contributed by atoms with E-state index < -0.39 is 42.5 Å². The van der Waals surface area contributed by atoms with Crippen molar-refractivity contribution in [3.05, 3.63) is 71.8 Å². The molecule has 0 heterocycles. The zero-order chi connectivity index (χ0) is 29.5. The molecule has 0 bridgehead atoms. The van der Waals surface area contributed by atoms with Gasteiger partial charge >= 0.3 is 12.1 Å². The summed E-state index contributed by atoms with van der Waals surface area (Å²) in [5.41, 5.74) is 6.93. The fourth-order valence-electron chi connectivity index (χ4n) is 4.05. The SMILES string of the molecule is CCNC(=O)N(CC(C)C)C[C@H](O)[C@H](Cc1ccccc1)NC(=O)[C@H](CC(N)=O)NC(=O)OCc1ccccc1. The molecule has 0 fully saturated rings. The molecular formula is C29H41N5O6. The Kier molecular flexibility index (Phi) is 13.4. The van der Waals surface area contributed by atoms with E-state index in [0.29, 0.717) is 13.1 Å². The van der Waals surface area contributed by atoms with Crippen LogP contribution in [0.25, 0.3) is 0 Å². The van der Waals surface area contributed by atoms with Crippen LogP contribution in [0.4, 0.5) is 9.59 Å². The van der Waals surface area contributed by atoms with Crippen LogP contribution in [0.15, 0.2) is 60.7 Å². The Hall–Kier alpha value is -4.12. The zero-order valence-corrected chi connectivity index (χ0v) is 23.3. The molecule has 0 aromatic heterocycles. The average molecular weight is 556 g/mol. The molecule has 2 aromatic carbocycles. The van der Waals surface area contributed by atoms with Crippen LogP contribution in [0.3, 0.4) is 0 Å². The Balaban J connectivity index is 2.18. The highest BCUT2D eigenvalue weighted by molar-refractivity contribution is 5.90. The van der Waals surface area contributed by atoms with Gasteiger partial charge in [0.15, 0.2) is 0 Å². The number of nitrogens with two attached hydrogens (primary N) is 1. The molecule has 0 aliphatic carbocycles. The van der Waals surface area contributed by atoms with Gasteiger partial charge in [0.25, 0.3) is 0 Å². The molecule has 0 aliphatic heterocycles. The van der Waals surface area contributed by atoms with Crippen LogP contribution in [0.1, 0.15) is 38.3 Å². The van der Waals surface area contributed by atoms with Crippen molar-refractivity contribution in [2.45, 2.75) is 58.4 Å². The zero-order valence-electron chi connectivity index (χ0n) is 23.3. The van der Waals surface area contributed by atoms with Gasteiger partial charge in [-0.2, -0.15) is 0 Å². The maximum absolute atomic E-state index is 13.3. The number of nitrogens with one attached hydrogen (secondary N) is 3. The summed E-state index contributed by atoms with van der Waals surface area (Å²) >= 11 is 0.